The fourth-order valence-electron chi connectivity index (χ4n) is 2.68. The summed E-state index contributed by atoms with van der Waals surface area (Å²) in [5.41, 5.74) is 2.79. The fraction of sp³-hybridized carbons (Fsp3) is 0.318. The summed E-state index contributed by atoms with van der Waals surface area (Å²) < 4.78 is 7.36. The van der Waals surface area contributed by atoms with E-state index >= 15 is 0 Å². The van der Waals surface area contributed by atoms with Gasteiger partial charge in [0.15, 0.2) is 12.4 Å². The van der Waals surface area contributed by atoms with E-state index in [0.717, 1.165) is 16.8 Å². The van der Waals surface area contributed by atoms with E-state index in [0.29, 0.717) is 17.4 Å². The minimum Gasteiger partial charge on any atom is -0.483 e. The molecule has 3 rings (SSSR count). The fourth-order valence-corrected chi connectivity index (χ4v) is 2.68. The van der Waals surface area contributed by atoms with Gasteiger partial charge in [0.25, 0.3) is 5.91 Å². The molecule has 0 fully saturated rings. The number of amides is 1. The molecule has 0 spiro atoms. The van der Waals surface area contributed by atoms with Crippen molar-refractivity contribution in [3.8, 4) is 11.6 Å². The molecule has 6 heteroatoms. The van der Waals surface area contributed by atoms with E-state index < -0.39 is 0 Å². The van der Waals surface area contributed by atoms with E-state index in [9.17, 15) is 4.79 Å². The number of nitrogens with zero attached hydrogens (tertiary/aromatic N) is 3. The van der Waals surface area contributed by atoms with Crippen LogP contribution in [0, 0.1) is 13.8 Å². The SMILES string of the molecule is Cc1ccc(C)c(OCC(=O)Nc2cc(C(C)(C)C)nn2-c2ccccn2)c1. The first-order valence-electron chi connectivity index (χ1n) is 9.26. The number of benzene rings is 1. The van der Waals surface area contributed by atoms with Gasteiger partial charge in [-0.25, -0.2) is 4.98 Å². The Morgan fingerprint density at radius 3 is 2.61 bits per heavy atom. The number of ether oxygens (including phenoxy) is 1. The maximum absolute atomic E-state index is 12.5. The molecular weight excluding hydrogens is 352 g/mol. The van der Waals surface area contributed by atoms with Crippen molar-refractivity contribution >= 4 is 11.7 Å². The van der Waals surface area contributed by atoms with Gasteiger partial charge in [-0.2, -0.15) is 9.78 Å². The number of nitrogens with one attached hydrogen (secondary N) is 1. The van der Waals surface area contributed by atoms with Crippen LogP contribution in [0.4, 0.5) is 5.82 Å². The van der Waals surface area contributed by atoms with Crippen molar-refractivity contribution in [1.29, 1.82) is 0 Å². The summed E-state index contributed by atoms with van der Waals surface area (Å²) in [5.74, 6) is 1.67. The second kappa shape index (κ2) is 7.84. The Morgan fingerprint density at radius 1 is 1.14 bits per heavy atom. The van der Waals surface area contributed by atoms with Crippen molar-refractivity contribution in [3.63, 3.8) is 0 Å². The first-order chi connectivity index (χ1) is 13.2. The van der Waals surface area contributed by atoms with Gasteiger partial charge >= 0.3 is 0 Å². The van der Waals surface area contributed by atoms with Crippen LogP contribution in [0.5, 0.6) is 5.75 Å². The maximum atomic E-state index is 12.5. The topological polar surface area (TPSA) is 69.0 Å². The van der Waals surface area contributed by atoms with Crippen LogP contribution in [-0.4, -0.2) is 27.3 Å². The Morgan fingerprint density at radius 2 is 1.93 bits per heavy atom. The highest BCUT2D eigenvalue weighted by molar-refractivity contribution is 5.91. The Labute approximate surface area is 165 Å². The lowest BCUT2D eigenvalue weighted by atomic mass is 9.92. The predicted molar refractivity (Wildman–Crippen MR) is 110 cm³/mol. The summed E-state index contributed by atoms with van der Waals surface area (Å²) in [6.45, 7) is 10.1. The van der Waals surface area contributed by atoms with E-state index in [1.165, 1.54) is 0 Å². The molecule has 0 unspecified atom stereocenters. The van der Waals surface area contributed by atoms with Gasteiger partial charge < -0.3 is 10.1 Å². The molecule has 1 amide bonds. The Hall–Kier alpha value is -3.15. The van der Waals surface area contributed by atoms with Gasteiger partial charge in [0.1, 0.15) is 11.6 Å². The Balaban J connectivity index is 1.80. The lowest BCUT2D eigenvalue weighted by Gasteiger charge is -2.13. The van der Waals surface area contributed by atoms with Crippen LogP contribution in [0.15, 0.2) is 48.7 Å². The van der Waals surface area contributed by atoms with Gasteiger partial charge in [-0.3, -0.25) is 4.79 Å². The van der Waals surface area contributed by atoms with E-state index in [4.69, 9.17) is 4.74 Å². The van der Waals surface area contributed by atoms with E-state index in [1.54, 1.807) is 10.9 Å². The second-order valence-corrected chi connectivity index (χ2v) is 7.87. The van der Waals surface area contributed by atoms with Crippen molar-refractivity contribution in [2.24, 2.45) is 0 Å². The minimum absolute atomic E-state index is 0.0808. The summed E-state index contributed by atoms with van der Waals surface area (Å²) in [5, 5.41) is 7.55. The van der Waals surface area contributed by atoms with E-state index in [-0.39, 0.29) is 17.9 Å². The number of pyridine rings is 1. The molecule has 0 saturated carbocycles. The predicted octanol–water partition coefficient (Wildman–Crippen LogP) is 4.20. The third-order valence-corrected chi connectivity index (χ3v) is 4.31. The lowest BCUT2D eigenvalue weighted by molar-refractivity contribution is -0.118. The lowest BCUT2D eigenvalue weighted by Crippen LogP contribution is -2.22. The summed E-state index contributed by atoms with van der Waals surface area (Å²) >= 11 is 0. The first kappa shape index (κ1) is 19.6. The van der Waals surface area contributed by atoms with Crippen LogP contribution in [0.3, 0.4) is 0 Å². The van der Waals surface area contributed by atoms with Gasteiger partial charge in [0.2, 0.25) is 0 Å². The van der Waals surface area contributed by atoms with Gasteiger partial charge in [-0.05, 0) is 43.2 Å². The summed E-state index contributed by atoms with van der Waals surface area (Å²) in [7, 11) is 0. The number of anilines is 1. The Bertz CT molecular complexity index is 972. The maximum Gasteiger partial charge on any atom is 0.263 e. The molecule has 0 atom stereocenters. The van der Waals surface area contributed by atoms with Crippen molar-refractivity contribution in [2.75, 3.05) is 11.9 Å². The van der Waals surface area contributed by atoms with Gasteiger partial charge in [-0.15, -0.1) is 0 Å². The highest BCUT2D eigenvalue weighted by atomic mass is 16.5. The highest BCUT2D eigenvalue weighted by Crippen LogP contribution is 2.26. The number of hydrogen-bond donors (Lipinski definition) is 1. The molecule has 1 aromatic carbocycles. The molecule has 2 aromatic heterocycles. The smallest absolute Gasteiger partial charge is 0.263 e. The highest BCUT2D eigenvalue weighted by Gasteiger charge is 2.22. The third-order valence-electron chi connectivity index (χ3n) is 4.31. The molecule has 0 aliphatic rings. The summed E-state index contributed by atoms with van der Waals surface area (Å²) in [4.78, 5) is 16.9. The monoisotopic (exact) mass is 378 g/mol. The normalized spacial score (nSPS) is 11.3. The molecule has 0 saturated heterocycles. The summed E-state index contributed by atoms with van der Waals surface area (Å²) in [6.07, 6.45) is 1.70. The van der Waals surface area contributed by atoms with Crippen molar-refractivity contribution in [1.82, 2.24) is 14.8 Å². The number of aryl methyl sites for hydroxylation is 2. The van der Waals surface area contributed by atoms with Gasteiger partial charge in [0.05, 0.1) is 5.69 Å². The quantitative estimate of drug-likeness (QED) is 0.722. The summed E-state index contributed by atoms with van der Waals surface area (Å²) in [6, 6.07) is 13.4. The molecular formula is C22H26N4O2. The van der Waals surface area contributed by atoms with Crippen molar-refractivity contribution < 1.29 is 9.53 Å². The largest absolute Gasteiger partial charge is 0.483 e. The number of aromatic nitrogens is 3. The van der Waals surface area contributed by atoms with Crippen molar-refractivity contribution in [3.05, 3.63) is 65.5 Å². The molecule has 0 radical (unpaired) electrons. The second-order valence-electron chi connectivity index (χ2n) is 7.87. The van der Waals surface area contributed by atoms with E-state index in [2.05, 4.69) is 36.2 Å². The van der Waals surface area contributed by atoms with Crippen LogP contribution in [-0.2, 0) is 10.2 Å². The van der Waals surface area contributed by atoms with Crippen LogP contribution in [0.2, 0.25) is 0 Å². The number of hydrogen-bond acceptors (Lipinski definition) is 4. The molecule has 28 heavy (non-hydrogen) atoms. The molecule has 6 nitrogen and oxygen atoms in total. The third kappa shape index (κ3) is 4.57. The first-order valence-corrected chi connectivity index (χ1v) is 9.26. The number of rotatable bonds is 5. The van der Waals surface area contributed by atoms with Gasteiger partial charge in [0, 0.05) is 17.7 Å². The zero-order valence-corrected chi connectivity index (χ0v) is 17.0. The molecule has 0 aliphatic heterocycles. The number of carbonyl (C=O) groups excluding carboxylic acids is 1. The van der Waals surface area contributed by atoms with Crippen LogP contribution < -0.4 is 10.1 Å². The van der Waals surface area contributed by atoms with Crippen LogP contribution in [0.25, 0.3) is 5.82 Å². The zero-order chi connectivity index (χ0) is 20.3. The minimum atomic E-state index is -0.251. The van der Waals surface area contributed by atoms with Gasteiger partial charge in [-0.1, -0.05) is 39.0 Å². The molecule has 1 N–H and O–H groups in total. The molecule has 2 heterocycles. The average Bonchev–Trinajstić information content (AvgIpc) is 3.07. The molecule has 0 aliphatic carbocycles. The van der Waals surface area contributed by atoms with Crippen LogP contribution >= 0.6 is 0 Å². The molecule has 3 aromatic rings. The molecule has 0 bridgehead atoms. The van der Waals surface area contributed by atoms with Crippen LogP contribution in [0.1, 0.15) is 37.6 Å². The standard InChI is InChI=1S/C22H26N4O2/c1-15-9-10-16(2)17(12-15)28-14-21(27)24-20-13-18(22(3,4)5)25-26(20)19-8-6-7-11-23-19/h6-13H,14H2,1-5H3,(H,24,27). The number of carbonyl (C=O) groups is 1. The molecule has 146 valence electrons. The van der Waals surface area contributed by atoms with E-state index in [1.807, 2.05) is 56.3 Å². The average molecular weight is 378 g/mol. The zero-order valence-electron chi connectivity index (χ0n) is 17.0. The Kier molecular flexibility index (Phi) is 5.49. The van der Waals surface area contributed by atoms with Crippen molar-refractivity contribution in [2.45, 2.75) is 40.0 Å².